The zero-order chi connectivity index (χ0) is 20.5. The SMILES string of the molecule is O=C(O[C@@](CBr)(Cc1ccccc1)C(=O)NCc1ccccc1)c1ccccc1. The summed E-state index contributed by atoms with van der Waals surface area (Å²) in [6, 6.07) is 27.8. The van der Waals surface area contributed by atoms with E-state index in [4.69, 9.17) is 4.74 Å². The molecule has 1 atom stereocenters. The number of esters is 1. The van der Waals surface area contributed by atoms with Gasteiger partial charge in [0.2, 0.25) is 5.60 Å². The highest BCUT2D eigenvalue weighted by Crippen LogP contribution is 2.24. The molecule has 29 heavy (non-hydrogen) atoms. The van der Waals surface area contributed by atoms with E-state index in [1.54, 1.807) is 24.3 Å². The molecule has 0 aliphatic carbocycles. The molecule has 148 valence electrons. The molecule has 3 aromatic rings. The molecule has 3 rings (SSSR count). The van der Waals surface area contributed by atoms with Crippen LogP contribution in [0.25, 0.3) is 0 Å². The van der Waals surface area contributed by atoms with Gasteiger partial charge in [0.25, 0.3) is 5.91 Å². The molecule has 0 aliphatic rings. The van der Waals surface area contributed by atoms with Gasteiger partial charge in [-0.2, -0.15) is 0 Å². The maximum Gasteiger partial charge on any atom is 0.339 e. The molecule has 0 bridgehead atoms. The van der Waals surface area contributed by atoms with E-state index >= 15 is 0 Å². The second kappa shape index (κ2) is 10.0. The largest absolute Gasteiger partial charge is 0.444 e. The summed E-state index contributed by atoms with van der Waals surface area (Å²) >= 11 is 3.42. The number of alkyl halides is 1. The van der Waals surface area contributed by atoms with Crippen LogP contribution in [0, 0.1) is 0 Å². The third-order valence-corrected chi connectivity index (χ3v) is 5.46. The van der Waals surface area contributed by atoms with Gasteiger partial charge in [-0.15, -0.1) is 0 Å². The second-order valence-corrected chi connectivity index (χ2v) is 7.27. The number of hydrogen-bond donors (Lipinski definition) is 1. The van der Waals surface area contributed by atoms with E-state index in [2.05, 4.69) is 21.2 Å². The van der Waals surface area contributed by atoms with E-state index in [1.807, 2.05) is 66.7 Å². The number of carbonyl (C=O) groups excluding carboxylic acids is 2. The molecule has 3 aromatic carbocycles. The Hall–Kier alpha value is -2.92. The lowest BCUT2D eigenvalue weighted by Gasteiger charge is -2.31. The van der Waals surface area contributed by atoms with Crippen LogP contribution in [0.3, 0.4) is 0 Å². The number of nitrogens with one attached hydrogen (secondary N) is 1. The summed E-state index contributed by atoms with van der Waals surface area (Å²) in [7, 11) is 0. The molecule has 0 saturated carbocycles. The van der Waals surface area contributed by atoms with Gasteiger partial charge in [-0.3, -0.25) is 4.79 Å². The Bertz CT molecular complexity index is 932. The van der Waals surface area contributed by atoms with Crippen molar-refractivity contribution in [3.8, 4) is 0 Å². The summed E-state index contributed by atoms with van der Waals surface area (Å²) in [6.45, 7) is 0.353. The second-order valence-electron chi connectivity index (χ2n) is 6.71. The van der Waals surface area contributed by atoms with Gasteiger partial charge in [0, 0.05) is 13.0 Å². The minimum atomic E-state index is -1.37. The molecule has 0 radical (unpaired) electrons. The molecule has 0 aliphatic heterocycles. The summed E-state index contributed by atoms with van der Waals surface area (Å²) in [5.41, 5.74) is 0.908. The lowest BCUT2D eigenvalue weighted by molar-refractivity contribution is -0.138. The normalized spacial score (nSPS) is 12.6. The van der Waals surface area contributed by atoms with Gasteiger partial charge in [-0.25, -0.2) is 4.79 Å². The van der Waals surface area contributed by atoms with Crippen molar-refractivity contribution < 1.29 is 14.3 Å². The van der Waals surface area contributed by atoms with Gasteiger partial charge >= 0.3 is 5.97 Å². The molecule has 1 amide bonds. The highest BCUT2D eigenvalue weighted by Gasteiger charge is 2.42. The smallest absolute Gasteiger partial charge is 0.339 e. The topological polar surface area (TPSA) is 55.4 Å². The summed E-state index contributed by atoms with van der Waals surface area (Å²) in [5.74, 6) is -0.873. The number of rotatable bonds is 8. The number of hydrogen-bond acceptors (Lipinski definition) is 3. The molecular formula is C24H22BrNO3. The van der Waals surface area contributed by atoms with E-state index < -0.39 is 11.6 Å². The van der Waals surface area contributed by atoms with Gasteiger partial charge in [0.15, 0.2) is 0 Å². The summed E-state index contributed by atoms with van der Waals surface area (Å²) in [5, 5.41) is 3.10. The van der Waals surface area contributed by atoms with Crippen molar-refractivity contribution >= 4 is 27.8 Å². The predicted octanol–water partition coefficient (Wildman–Crippen LogP) is 4.54. The quantitative estimate of drug-likeness (QED) is 0.404. The summed E-state index contributed by atoms with van der Waals surface area (Å²) in [4.78, 5) is 26.0. The van der Waals surface area contributed by atoms with Gasteiger partial charge < -0.3 is 10.1 Å². The molecule has 0 unspecified atom stereocenters. The molecule has 0 spiro atoms. The first-order valence-electron chi connectivity index (χ1n) is 9.33. The van der Waals surface area contributed by atoms with E-state index in [0.29, 0.717) is 12.1 Å². The third-order valence-electron chi connectivity index (χ3n) is 4.56. The number of amides is 1. The van der Waals surface area contributed by atoms with Crippen molar-refractivity contribution in [2.24, 2.45) is 0 Å². The average molecular weight is 452 g/mol. The van der Waals surface area contributed by atoms with Crippen LogP contribution < -0.4 is 5.32 Å². The van der Waals surface area contributed by atoms with E-state index in [9.17, 15) is 9.59 Å². The van der Waals surface area contributed by atoms with Crippen molar-refractivity contribution in [1.29, 1.82) is 0 Å². The van der Waals surface area contributed by atoms with Gasteiger partial charge in [-0.1, -0.05) is 94.8 Å². The molecule has 0 saturated heterocycles. The number of ether oxygens (including phenoxy) is 1. The molecule has 0 aromatic heterocycles. The number of halogens is 1. The maximum absolute atomic E-state index is 13.2. The fraction of sp³-hybridized carbons (Fsp3) is 0.167. The first kappa shape index (κ1) is 20.8. The minimum absolute atomic E-state index is 0.175. The Kier molecular flexibility index (Phi) is 7.19. The van der Waals surface area contributed by atoms with Crippen LogP contribution in [0.2, 0.25) is 0 Å². The van der Waals surface area contributed by atoms with Crippen molar-refractivity contribution in [1.82, 2.24) is 5.32 Å². The minimum Gasteiger partial charge on any atom is -0.444 e. The Morgan fingerprint density at radius 2 is 1.31 bits per heavy atom. The summed E-state index contributed by atoms with van der Waals surface area (Å²) < 4.78 is 5.83. The number of carbonyl (C=O) groups is 2. The first-order chi connectivity index (χ1) is 14.1. The lowest BCUT2D eigenvalue weighted by atomic mass is 9.94. The van der Waals surface area contributed by atoms with Crippen LogP contribution in [0.4, 0.5) is 0 Å². The van der Waals surface area contributed by atoms with Crippen LogP contribution >= 0.6 is 15.9 Å². The molecule has 1 N–H and O–H groups in total. The fourth-order valence-corrected chi connectivity index (χ4v) is 3.54. The van der Waals surface area contributed by atoms with Crippen LogP contribution in [0.15, 0.2) is 91.0 Å². The first-order valence-corrected chi connectivity index (χ1v) is 10.5. The molecule has 0 heterocycles. The Morgan fingerprint density at radius 1 is 0.793 bits per heavy atom. The standard InChI is InChI=1S/C24H22BrNO3/c25-18-24(16-19-10-4-1-5-11-19,29-22(27)21-14-8-3-9-15-21)23(28)26-17-20-12-6-2-7-13-20/h1-15H,16-18H2,(H,26,28)/t24-/m1/s1. The fourth-order valence-electron chi connectivity index (χ4n) is 2.97. The number of benzene rings is 3. The third kappa shape index (κ3) is 5.55. The van der Waals surface area contributed by atoms with Crippen LogP contribution in [-0.4, -0.2) is 22.8 Å². The van der Waals surface area contributed by atoms with Crippen LogP contribution in [0.1, 0.15) is 21.5 Å². The van der Waals surface area contributed by atoms with Gasteiger partial charge in [-0.05, 0) is 23.3 Å². The molecular weight excluding hydrogens is 430 g/mol. The molecule has 0 fully saturated rings. The Balaban J connectivity index is 1.84. The monoisotopic (exact) mass is 451 g/mol. The van der Waals surface area contributed by atoms with E-state index in [0.717, 1.165) is 11.1 Å². The zero-order valence-electron chi connectivity index (χ0n) is 15.9. The van der Waals surface area contributed by atoms with E-state index in [1.165, 1.54) is 0 Å². The highest BCUT2D eigenvalue weighted by atomic mass is 79.9. The van der Waals surface area contributed by atoms with Gasteiger partial charge in [0.05, 0.1) is 10.9 Å². The molecule has 5 heteroatoms. The highest BCUT2D eigenvalue weighted by molar-refractivity contribution is 9.09. The van der Waals surface area contributed by atoms with E-state index in [-0.39, 0.29) is 17.7 Å². The average Bonchev–Trinajstić information content (AvgIpc) is 2.79. The zero-order valence-corrected chi connectivity index (χ0v) is 17.5. The van der Waals surface area contributed by atoms with Crippen molar-refractivity contribution in [3.05, 3.63) is 108 Å². The predicted molar refractivity (Wildman–Crippen MR) is 117 cm³/mol. The van der Waals surface area contributed by atoms with Crippen LogP contribution in [-0.2, 0) is 22.5 Å². The van der Waals surface area contributed by atoms with Crippen molar-refractivity contribution in [2.75, 3.05) is 5.33 Å². The van der Waals surface area contributed by atoms with Gasteiger partial charge in [0.1, 0.15) is 0 Å². The maximum atomic E-state index is 13.2. The summed E-state index contributed by atoms with van der Waals surface area (Å²) in [6.07, 6.45) is 0.262. The lowest BCUT2D eigenvalue weighted by Crippen LogP contribution is -2.53. The van der Waals surface area contributed by atoms with Crippen molar-refractivity contribution in [3.63, 3.8) is 0 Å². The van der Waals surface area contributed by atoms with Crippen molar-refractivity contribution in [2.45, 2.75) is 18.6 Å². The van der Waals surface area contributed by atoms with Crippen LogP contribution in [0.5, 0.6) is 0 Å². The Labute approximate surface area is 179 Å². The Morgan fingerprint density at radius 3 is 1.86 bits per heavy atom. The molecule has 4 nitrogen and oxygen atoms in total.